The van der Waals surface area contributed by atoms with Crippen LogP contribution in [0.2, 0.25) is 0 Å². The van der Waals surface area contributed by atoms with E-state index in [0.29, 0.717) is 5.56 Å². The zero-order valence-electron chi connectivity index (χ0n) is 11.0. The zero-order chi connectivity index (χ0) is 14.1. The van der Waals surface area contributed by atoms with Crippen LogP contribution in [0.1, 0.15) is 22.3 Å². The minimum Gasteiger partial charge on any atom is -0.389 e. The molecule has 0 spiro atoms. The number of hydrogen-bond acceptors (Lipinski definition) is 2. The monoisotopic (exact) mass is 286 g/mol. The van der Waals surface area contributed by atoms with Gasteiger partial charge in [-0.15, -0.1) is 0 Å². The second kappa shape index (κ2) is 5.31. The number of hydrogen-bond donors (Lipinski definition) is 1. The number of benzene rings is 2. The Balaban J connectivity index is 1.82. The van der Waals surface area contributed by atoms with Gasteiger partial charge in [0.1, 0.15) is 10.8 Å². The lowest BCUT2D eigenvalue weighted by Crippen LogP contribution is -2.20. The SMILES string of the molecule is NC(=S)c1cc(F)ccc1CN1Cc2ccccc2C1. The van der Waals surface area contributed by atoms with Crippen molar-refractivity contribution < 1.29 is 4.39 Å². The first-order valence-electron chi connectivity index (χ1n) is 6.51. The molecule has 0 atom stereocenters. The number of nitrogens with two attached hydrogens (primary N) is 1. The molecule has 2 aromatic rings. The van der Waals surface area contributed by atoms with Gasteiger partial charge in [0.05, 0.1) is 0 Å². The molecule has 0 bridgehead atoms. The molecule has 2 aromatic carbocycles. The van der Waals surface area contributed by atoms with Crippen molar-refractivity contribution in [3.05, 3.63) is 70.5 Å². The number of nitrogens with zero attached hydrogens (tertiary/aromatic N) is 1. The summed E-state index contributed by atoms with van der Waals surface area (Å²) in [4.78, 5) is 2.55. The lowest BCUT2D eigenvalue weighted by atomic mass is 10.1. The molecule has 0 aliphatic carbocycles. The van der Waals surface area contributed by atoms with E-state index in [1.165, 1.54) is 23.3 Å². The molecule has 0 unspecified atom stereocenters. The third-order valence-electron chi connectivity index (χ3n) is 3.64. The van der Waals surface area contributed by atoms with Gasteiger partial charge in [0.15, 0.2) is 0 Å². The van der Waals surface area contributed by atoms with E-state index in [0.717, 1.165) is 25.2 Å². The summed E-state index contributed by atoms with van der Waals surface area (Å²) in [6.07, 6.45) is 0. The van der Waals surface area contributed by atoms with Gasteiger partial charge in [-0.05, 0) is 28.8 Å². The first kappa shape index (κ1) is 13.2. The van der Waals surface area contributed by atoms with Crippen molar-refractivity contribution in [3.8, 4) is 0 Å². The molecule has 3 rings (SSSR count). The van der Waals surface area contributed by atoms with Crippen molar-refractivity contribution >= 4 is 17.2 Å². The highest BCUT2D eigenvalue weighted by Crippen LogP contribution is 2.25. The Morgan fingerprint density at radius 2 is 1.80 bits per heavy atom. The Labute approximate surface area is 123 Å². The third-order valence-corrected chi connectivity index (χ3v) is 3.86. The smallest absolute Gasteiger partial charge is 0.123 e. The Kier molecular flexibility index (Phi) is 3.51. The minimum atomic E-state index is -0.304. The van der Waals surface area contributed by atoms with Gasteiger partial charge in [-0.2, -0.15) is 0 Å². The van der Waals surface area contributed by atoms with E-state index in [1.54, 1.807) is 6.07 Å². The second-order valence-electron chi connectivity index (χ2n) is 5.08. The predicted octanol–water partition coefficient (Wildman–Crippen LogP) is 2.98. The largest absolute Gasteiger partial charge is 0.389 e. The fourth-order valence-corrected chi connectivity index (χ4v) is 2.86. The summed E-state index contributed by atoms with van der Waals surface area (Å²) in [6, 6.07) is 13.1. The van der Waals surface area contributed by atoms with Gasteiger partial charge in [-0.3, -0.25) is 4.90 Å². The zero-order valence-corrected chi connectivity index (χ0v) is 11.8. The van der Waals surface area contributed by atoms with Crippen LogP contribution in [-0.4, -0.2) is 9.89 Å². The first-order chi connectivity index (χ1) is 9.63. The highest BCUT2D eigenvalue weighted by molar-refractivity contribution is 7.80. The molecule has 4 heteroatoms. The van der Waals surface area contributed by atoms with Crippen LogP contribution in [-0.2, 0) is 19.6 Å². The number of thiocarbonyl (C=S) groups is 1. The summed E-state index contributed by atoms with van der Waals surface area (Å²) in [5, 5.41) is 0. The van der Waals surface area contributed by atoms with E-state index < -0.39 is 0 Å². The van der Waals surface area contributed by atoms with Crippen molar-refractivity contribution in [1.29, 1.82) is 0 Å². The molecule has 1 heterocycles. The summed E-state index contributed by atoms with van der Waals surface area (Å²) in [7, 11) is 0. The van der Waals surface area contributed by atoms with Gasteiger partial charge in [-0.25, -0.2) is 4.39 Å². The fourth-order valence-electron chi connectivity index (χ4n) is 2.67. The molecule has 0 aromatic heterocycles. The van der Waals surface area contributed by atoms with Crippen LogP contribution < -0.4 is 5.73 Å². The Bertz CT molecular complexity index is 644. The van der Waals surface area contributed by atoms with Gasteiger partial charge in [0.2, 0.25) is 0 Å². The Hall–Kier alpha value is -1.78. The summed E-state index contributed by atoms with van der Waals surface area (Å²) in [6.45, 7) is 2.54. The van der Waals surface area contributed by atoms with E-state index >= 15 is 0 Å². The van der Waals surface area contributed by atoms with Crippen molar-refractivity contribution in [2.24, 2.45) is 5.73 Å². The molecule has 2 nitrogen and oxygen atoms in total. The van der Waals surface area contributed by atoms with Crippen molar-refractivity contribution in [1.82, 2.24) is 4.90 Å². The molecule has 20 heavy (non-hydrogen) atoms. The summed E-state index contributed by atoms with van der Waals surface area (Å²) in [5.41, 5.74) is 10.0. The van der Waals surface area contributed by atoms with Crippen LogP contribution in [0, 0.1) is 5.82 Å². The topological polar surface area (TPSA) is 29.3 Å². The van der Waals surface area contributed by atoms with Gasteiger partial charge in [-0.1, -0.05) is 42.5 Å². The van der Waals surface area contributed by atoms with E-state index in [4.69, 9.17) is 18.0 Å². The van der Waals surface area contributed by atoms with Crippen LogP contribution >= 0.6 is 12.2 Å². The van der Waals surface area contributed by atoms with E-state index in [-0.39, 0.29) is 10.8 Å². The average molecular weight is 286 g/mol. The van der Waals surface area contributed by atoms with Crippen molar-refractivity contribution in [2.75, 3.05) is 0 Å². The maximum absolute atomic E-state index is 13.3. The maximum Gasteiger partial charge on any atom is 0.123 e. The lowest BCUT2D eigenvalue weighted by Gasteiger charge is -2.17. The normalized spacial score (nSPS) is 14.2. The molecule has 1 aliphatic heterocycles. The molecule has 0 saturated carbocycles. The molecule has 102 valence electrons. The molecule has 0 saturated heterocycles. The van der Waals surface area contributed by atoms with Gasteiger partial charge < -0.3 is 5.73 Å². The molecule has 2 N–H and O–H groups in total. The number of halogens is 1. The van der Waals surface area contributed by atoms with Crippen LogP contribution in [0.4, 0.5) is 4.39 Å². The molecule has 0 amide bonds. The van der Waals surface area contributed by atoms with E-state index in [2.05, 4.69) is 29.2 Å². The molecule has 1 aliphatic rings. The molecular weight excluding hydrogens is 271 g/mol. The number of fused-ring (bicyclic) bond motifs is 1. The minimum absolute atomic E-state index is 0.246. The summed E-state index contributed by atoms with van der Waals surface area (Å²) >= 11 is 5.01. The molecular formula is C16H15FN2S. The highest BCUT2D eigenvalue weighted by atomic mass is 32.1. The van der Waals surface area contributed by atoms with Gasteiger partial charge in [0, 0.05) is 25.2 Å². The van der Waals surface area contributed by atoms with Crippen LogP contribution in [0.15, 0.2) is 42.5 Å². The molecule has 0 radical (unpaired) electrons. The van der Waals surface area contributed by atoms with Gasteiger partial charge >= 0.3 is 0 Å². The van der Waals surface area contributed by atoms with E-state index in [9.17, 15) is 4.39 Å². The standard InChI is InChI=1S/C16H15FN2S/c17-14-6-5-13(15(7-14)16(18)20)10-19-8-11-3-1-2-4-12(11)9-19/h1-7H,8-10H2,(H2,18,20). The number of rotatable bonds is 3. The Morgan fingerprint density at radius 1 is 1.15 bits per heavy atom. The molecule has 0 fully saturated rings. The predicted molar refractivity (Wildman–Crippen MR) is 81.7 cm³/mol. The highest BCUT2D eigenvalue weighted by Gasteiger charge is 2.19. The van der Waals surface area contributed by atoms with Crippen LogP contribution in [0.3, 0.4) is 0 Å². The maximum atomic E-state index is 13.3. The lowest BCUT2D eigenvalue weighted by molar-refractivity contribution is 0.275. The fraction of sp³-hybridized carbons (Fsp3) is 0.188. The second-order valence-corrected chi connectivity index (χ2v) is 5.52. The average Bonchev–Trinajstić information content (AvgIpc) is 2.82. The van der Waals surface area contributed by atoms with Crippen molar-refractivity contribution in [3.63, 3.8) is 0 Å². The summed E-state index contributed by atoms with van der Waals surface area (Å²) in [5.74, 6) is -0.304. The Morgan fingerprint density at radius 3 is 2.40 bits per heavy atom. The van der Waals surface area contributed by atoms with Gasteiger partial charge in [0.25, 0.3) is 0 Å². The first-order valence-corrected chi connectivity index (χ1v) is 6.91. The quantitative estimate of drug-likeness (QED) is 0.880. The van der Waals surface area contributed by atoms with Crippen molar-refractivity contribution in [2.45, 2.75) is 19.6 Å². The third kappa shape index (κ3) is 2.57. The van der Waals surface area contributed by atoms with Crippen LogP contribution in [0.5, 0.6) is 0 Å². The van der Waals surface area contributed by atoms with Crippen LogP contribution in [0.25, 0.3) is 0 Å². The summed E-state index contributed by atoms with van der Waals surface area (Å²) < 4.78 is 13.3. The van der Waals surface area contributed by atoms with E-state index in [1.807, 2.05) is 0 Å².